The van der Waals surface area contributed by atoms with E-state index in [0.717, 1.165) is 0 Å². The van der Waals surface area contributed by atoms with Crippen molar-refractivity contribution >= 4 is 11.9 Å². The van der Waals surface area contributed by atoms with Gasteiger partial charge >= 0.3 is 24.4 Å². The first-order valence-electron chi connectivity index (χ1n) is 2.85. The molecular formula is C5H3F3O4. The first-order chi connectivity index (χ1) is 5.39. The molecule has 1 rings (SSSR count). The molecular weight excluding hydrogens is 181 g/mol. The molecule has 1 heterocycles. The van der Waals surface area contributed by atoms with E-state index in [-0.39, 0.29) is 0 Å². The second-order valence-corrected chi connectivity index (χ2v) is 2.03. The van der Waals surface area contributed by atoms with Crippen LogP contribution in [0.5, 0.6) is 0 Å². The Kier molecular flexibility index (Phi) is 1.95. The Hall–Kier alpha value is -1.27. The minimum Gasteiger partial charge on any atom is -0.415 e. The zero-order valence-corrected chi connectivity index (χ0v) is 5.55. The topological polar surface area (TPSA) is 52.6 Å². The van der Waals surface area contributed by atoms with Crippen LogP contribution in [0, 0.1) is 0 Å². The van der Waals surface area contributed by atoms with Gasteiger partial charge in [0.1, 0.15) is 6.42 Å². The van der Waals surface area contributed by atoms with E-state index >= 15 is 0 Å². The number of cyclic esters (lactones) is 2. The smallest absolute Gasteiger partial charge is 0.415 e. The molecule has 12 heavy (non-hydrogen) atoms. The van der Waals surface area contributed by atoms with Crippen LogP contribution in [0.2, 0.25) is 0 Å². The van der Waals surface area contributed by atoms with Crippen molar-refractivity contribution in [1.29, 1.82) is 0 Å². The quantitative estimate of drug-likeness (QED) is 0.403. The Morgan fingerprint density at radius 2 is 1.58 bits per heavy atom. The number of esters is 2. The molecule has 0 radical (unpaired) electrons. The van der Waals surface area contributed by atoms with Gasteiger partial charge in [-0.25, -0.2) is 0 Å². The minimum atomic E-state index is -4.86. The van der Waals surface area contributed by atoms with Gasteiger partial charge in [0.15, 0.2) is 0 Å². The molecule has 4 nitrogen and oxygen atoms in total. The molecule has 1 aliphatic rings. The molecule has 0 N–H and O–H groups in total. The predicted octanol–water partition coefficient (Wildman–Crippen LogP) is 0.365. The second-order valence-electron chi connectivity index (χ2n) is 2.03. The molecule has 1 fully saturated rings. The van der Waals surface area contributed by atoms with Crippen LogP contribution >= 0.6 is 0 Å². The highest BCUT2D eigenvalue weighted by Gasteiger charge is 2.48. The SMILES string of the molecule is O=C1CC(=O)OC(C(F)(F)F)O1. The molecule has 0 amide bonds. The lowest BCUT2D eigenvalue weighted by atomic mass is 10.4. The summed E-state index contributed by atoms with van der Waals surface area (Å²) in [5.41, 5.74) is 0. The average molecular weight is 184 g/mol. The highest BCUT2D eigenvalue weighted by Crippen LogP contribution is 2.26. The molecule has 0 atom stereocenters. The molecule has 1 saturated heterocycles. The first kappa shape index (κ1) is 8.82. The summed E-state index contributed by atoms with van der Waals surface area (Å²) in [5, 5.41) is 0. The van der Waals surface area contributed by atoms with E-state index in [2.05, 4.69) is 9.47 Å². The molecule has 0 unspecified atom stereocenters. The lowest BCUT2D eigenvalue weighted by molar-refractivity contribution is -0.299. The summed E-state index contributed by atoms with van der Waals surface area (Å²) in [6, 6.07) is 0. The molecule has 0 aliphatic carbocycles. The van der Waals surface area contributed by atoms with Gasteiger partial charge in [-0.3, -0.25) is 9.59 Å². The molecule has 0 aromatic carbocycles. The fourth-order valence-corrected chi connectivity index (χ4v) is 0.598. The summed E-state index contributed by atoms with van der Waals surface area (Å²) in [6.45, 7) is 0. The zero-order chi connectivity index (χ0) is 9.35. The maximum atomic E-state index is 11.7. The van der Waals surface area contributed by atoms with Crippen molar-refractivity contribution in [2.75, 3.05) is 0 Å². The normalized spacial score (nSPS) is 20.2. The molecule has 0 saturated carbocycles. The monoisotopic (exact) mass is 184 g/mol. The van der Waals surface area contributed by atoms with Gasteiger partial charge in [-0.2, -0.15) is 13.2 Å². The first-order valence-corrected chi connectivity index (χ1v) is 2.85. The zero-order valence-electron chi connectivity index (χ0n) is 5.55. The van der Waals surface area contributed by atoms with Crippen molar-refractivity contribution in [2.24, 2.45) is 0 Å². The van der Waals surface area contributed by atoms with E-state index in [1.165, 1.54) is 0 Å². The van der Waals surface area contributed by atoms with E-state index in [1.54, 1.807) is 0 Å². The summed E-state index contributed by atoms with van der Waals surface area (Å²) in [7, 11) is 0. The highest BCUT2D eigenvalue weighted by atomic mass is 19.4. The third-order valence-corrected chi connectivity index (χ3v) is 1.03. The van der Waals surface area contributed by atoms with Gasteiger partial charge in [0.05, 0.1) is 0 Å². The maximum Gasteiger partial charge on any atom is 0.464 e. The van der Waals surface area contributed by atoms with Crippen LogP contribution in [-0.4, -0.2) is 24.4 Å². The van der Waals surface area contributed by atoms with Crippen molar-refractivity contribution in [2.45, 2.75) is 18.9 Å². The van der Waals surface area contributed by atoms with Gasteiger partial charge < -0.3 is 9.47 Å². The van der Waals surface area contributed by atoms with Crippen molar-refractivity contribution in [3.05, 3.63) is 0 Å². The molecule has 0 spiro atoms. The van der Waals surface area contributed by atoms with Gasteiger partial charge in [0, 0.05) is 0 Å². The largest absolute Gasteiger partial charge is 0.464 e. The van der Waals surface area contributed by atoms with Gasteiger partial charge in [-0.15, -0.1) is 0 Å². The van der Waals surface area contributed by atoms with E-state index in [4.69, 9.17) is 0 Å². The van der Waals surface area contributed by atoms with Gasteiger partial charge in [-0.05, 0) is 0 Å². The van der Waals surface area contributed by atoms with Crippen LogP contribution in [0.15, 0.2) is 0 Å². The van der Waals surface area contributed by atoms with Crippen LogP contribution in [0.25, 0.3) is 0 Å². The highest BCUT2D eigenvalue weighted by molar-refractivity contribution is 5.92. The Labute approximate surface area is 64.2 Å². The van der Waals surface area contributed by atoms with Crippen LogP contribution in [0.1, 0.15) is 6.42 Å². The van der Waals surface area contributed by atoms with E-state index in [9.17, 15) is 22.8 Å². The van der Waals surface area contributed by atoms with E-state index in [1.807, 2.05) is 0 Å². The summed E-state index contributed by atoms with van der Waals surface area (Å²) >= 11 is 0. The Morgan fingerprint density at radius 1 is 1.17 bits per heavy atom. The molecule has 68 valence electrons. The average Bonchev–Trinajstić information content (AvgIpc) is 1.82. The third-order valence-electron chi connectivity index (χ3n) is 1.03. The predicted molar refractivity (Wildman–Crippen MR) is 26.6 cm³/mol. The number of hydrogen-bond donors (Lipinski definition) is 0. The van der Waals surface area contributed by atoms with Crippen LogP contribution < -0.4 is 0 Å². The third kappa shape index (κ3) is 1.86. The lowest BCUT2D eigenvalue weighted by Gasteiger charge is -2.23. The number of ether oxygens (including phenoxy) is 2. The number of hydrogen-bond acceptors (Lipinski definition) is 4. The van der Waals surface area contributed by atoms with Crippen LogP contribution in [-0.2, 0) is 19.1 Å². The molecule has 0 bridgehead atoms. The van der Waals surface area contributed by atoms with E-state index < -0.39 is 30.8 Å². The number of rotatable bonds is 0. The summed E-state index contributed by atoms with van der Waals surface area (Å²) in [4.78, 5) is 20.6. The molecule has 0 aromatic heterocycles. The summed E-state index contributed by atoms with van der Waals surface area (Å²) in [6.07, 6.45) is -8.37. The maximum absolute atomic E-state index is 11.7. The van der Waals surface area contributed by atoms with Crippen molar-refractivity contribution in [3.8, 4) is 0 Å². The van der Waals surface area contributed by atoms with Gasteiger partial charge in [0.2, 0.25) is 0 Å². The number of alkyl halides is 3. The number of carbonyl (C=O) groups excluding carboxylic acids is 2. The molecule has 1 aliphatic heterocycles. The van der Waals surface area contributed by atoms with Crippen LogP contribution in [0.4, 0.5) is 13.2 Å². The van der Waals surface area contributed by atoms with Crippen molar-refractivity contribution < 1.29 is 32.2 Å². The summed E-state index contributed by atoms with van der Waals surface area (Å²) in [5.74, 6) is -2.46. The standard InChI is InChI=1S/C5H3F3O4/c6-5(7,8)4-11-2(9)1-3(10)12-4/h4H,1H2. The van der Waals surface area contributed by atoms with Gasteiger partial charge in [-0.1, -0.05) is 0 Å². The second kappa shape index (κ2) is 2.65. The fraction of sp³-hybridized carbons (Fsp3) is 0.600. The Morgan fingerprint density at radius 3 is 1.92 bits per heavy atom. The fourth-order valence-electron chi connectivity index (χ4n) is 0.598. The molecule has 0 aromatic rings. The number of halogens is 3. The van der Waals surface area contributed by atoms with Gasteiger partial charge in [0.25, 0.3) is 0 Å². The Balaban J connectivity index is 2.68. The van der Waals surface area contributed by atoms with Crippen molar-refractivity contribution in [3.63, 3.8) is 0 Å². The summed E-state index contributed by atoms with van der Waals surface area (Å²) < 4.78 is 42.6. The number of carbonyl (C=O) groups is 2. The Bertz CT molecular complexity index is 205. The lowest BCUT2D eigenvalue weighted by Crippen LogP contribution is -2.42. The van der Waals surface area contributed by atoms with E-state index in [0.29, 0.717) is 0 Å². The van der Waals surface area contributed by atoms with Crippen LogP contribution in [0.3, 0.4) is 0 Å². The molecule has 7 heteroatoms. The minimum absolute atomic E-state index is 0.771. The van der Waals surface area contributed by atoms with Crippen molar-refractivity contribution in [1.82, 2.24) is 0 Å².